The highest BCUT2D eigenvalue weighted by atomic mass is 19.4. The SMILES string of the molecule is COc1cc(F)c(OC2CCC(C(=O)O)CC2)cc1C(=O)NC1C2C=CC(C2)C1C(=O)Nc1ccc(F)c(C(F)(F)F)c1. The predicted molar refractivity (Wildman–Crippen MR) is 142 cm³/mol. The maximum Gasteiger partial charge on any atom is 0.419 e. The molecule has 0 heterocycles. The number of carbonyl (C=O) groups is 3. The van der Waals surface area contributed by atoms with Gasteiger partial charge in [0, 0.05) is 17.8 Å². The normalized spacial score (nSPS) is 26.2. The van der Waals surface area contributed by atoms with Crippen LogP contribution in [0.25, 0.3) is 0 Å². The van der Waals surface area contributed by atoms with Crippen molar-refractivity contribution < 1.29 is 50.9 Å². The maximum absolute atomic E-state index is 14.9. The summed E-state index contributed by atoms with van der Waals surface area (Å²) in [6.45, 7) is 0. The van der Waals surface area contributed by atoms with Crippen LogP contribution in [0.4, 0.5) is 27.6 Å². The number of carbonyl (C=O) groups excluding carboxylic acids is 2. The molecule has 43 heavy (non-hydrogen) atoms. The van der Waals surface area contributed by atoms with Crippen LogP contribution in [0.5, 0.6) is 11.5 Å². The van der Waals surface area contributed by atoms with E-state index < -0.39 is 65.1 Å². The van der Waals surface area contributed by atoms with E-state index in [0.29, 0.717) is 44.2 Å². The molecule has 0 aliphatic heterocycles. The predicted octanol–water partition coefficient (Wildman–Crippen LogP) is 5.57. The monoisotopic (exact) mass is 608 g/mol. The molecule has 2 fully saturated rings. The van der Waals surface area contributed by atoms with Crippen LogP contribution in [0.3, 0.4) is 0 Å². The van der Waals surface area contributed by atoms with Gasteiger partial charge in [0.2, 0.25) is 5.91 Å². The largest absolute Gasteiger partial charge is 0.496 e. The van der Waals surface area contributed by atoms with Gasteiger partial charge < -0.3 is 25.2 Å². The molecule has 8 nitrogen and oxygen atoms in total. The Hall–Kier alpha value is -4.16. The van der Waals surface area contributed by atoms with Gasteiger partial charge in [0.15, 0.2) is 11.6 Å². The standard InChI is InChI=1S/C30H29F5N2O6/c1-42-23-13-22(32)24(43-18-7-4-14(5-8-18)29(40)41)12-19(23)27(38)37-26-16-3-2-15(10-16)25(26)28(39)36-17-6-9-21(31)20(11-17)30(33,34)35/h2-3,6,9,11-16,18,25-26H,4-5,7-8,10H2,1H3,(H,36,39)(H,37,38)(H,40,41). The summed E-state index contributed by atoms with van der Waals surface area (Å²) in [5.74, 6) is -6.61. The molecule has 0 spiro atoms. The lowest BCUT2D eigenvalue weighted by molar-refractivity contribution is -0.143. The number of ether oxygens (including phenoxy) is 2. The van der Waals surface area contributed by atoms with Crippen LogP contribution < -0.4 is 20.1 Å². The van der Waals surface area contributed by atoms with E-state index in [-0.39, 0.29) is 34.6 Å². The first-order valence-electron chi connectivity index (χ1n) is 13.8. The summed E-state index contributed by atoms with van der Waals surface area (Å²) in [4.78, 5) is 38.0. The lowest BCUT2D eigenvalue weighted by Gasteiger charge is -2.29. The Morgan fingerprint density at radius 3 is 2.28 bits per heavy atom. The van der Waals surface area contributed by atoms with Gasteiger partial charge >= 0.3 is 12.1 Å². The summed E-state index contributed by atoms with van der Waals surface area (Å²) < 4.78 is 79.2. The van der Waals surface area contributed by atoms with E-state index in [9.17, 15) is 41.4 Å². The van der Waals surface area contributed by atoms with Crippen molar-refractivity contribution in [3.05, 3.63) is 65.2 Å². The number of carboxylic acids is 1. The molecular formula is C30H29F5N2O6. The number of nitrogens with one attached hydrogen (secondary N) is 2. The highest BCUT2D eigenvalue weighted by molar-refractivity contribution is 5.99. The van der Waals surface area contributed by atoms with E-state index in [1.807, 2.05) is 12.2 Å². The molecule has 0 saturated heterocycles. The summed E-state index contributed by atoms with van der Waals surface area (Å²) >= 11 is 0. The topological polar surface area (TPSA) is 114 Å². The third-order valence-electron chi connectivity index (χ3n) is 8.41. The number of aliphatic carboxylic acids is 1. The summed E-state index contributed by atoms with van der Waals surface area (Å²) in [5.41, 5.74) is -1.81. The Morgan fingerprint density at radius 1 is 0.930 bits per heavy atom. The van der Waals surface area contributed by atoms with Gasteiger partial charge in [-0.2, -0.15) is 13.2 Å². The molecule has 3 N–H and O–H groups in total. The van der Waals surface area contributed by atoms with Crippen molar-refractivity contribution >= 4 is 23.5 Å². The number of anilines is 1. The first-order chi connectivity index (χ1) is 20.3. The van der Waals surface area contributed by atoms with Crippen LogP contribution >= 0.6 is 0 Å². The average molecular weight is 609 g/mol. The van der Waals surface area contributed by atoms with E-state index >= 15 is 0 Å². The van der Waals surface area contributed by atoms with Crippen LogP contribution in [0.1, 0.15) is 48.0 Å². The second kappa shape index (κ2) is 11.8. The van der Waals surface area contributed by atoms with Crippen LogP contribution in [-0.4, -0.2) is 42.1 Å². The highest BCUT2D eigenvalue weighted by Crippen LogP contribution is 2.45. The lowest BCUT2D eigenvalue weighted by Crippen LogP contribution is -2.47. The zero-order valence-corrected chi connectivity index (χ0v) is 22.9. The van der Waals surface area contributed by atoms with Crippen molar-refractivity contribution in [1.82, 2.24) is 5.32 Å². The number of hydrogen-bond acceptors (Lipinski definition) is 5. The molecule has 5 rings (SSSR count). The summed E-state index contributed by atoms with van der Waals surface area (Å²) in [7, 11) is 1.26. The molecule has 2 amide bonds. The van der Waals surface area contributed by atoms with Gasteiger partial charge in [-0.05, 0) is 68.2 Å². The van der Waals surface area contributed by atoms with Crippen molar-refractivity contribution in [3.63, 3.8) is 0 Å². The Kier molecular flexibility index (Phi) is 8.35. The number of benzene rings is 2. The van der Waals surface area contributed by atoms with Crippen molar-refractivity contribution in [3.8, 4) is 11.5 Å². The van der Waals surface area contributed by atoms with Crippen molar-refractivity contribution in [2.24, 2.45) is 23.7 Å². The Labute approximate surface area is 243 Å². The minimum atomic E-state index is -4.95. The zero-order chi connectivity index (χ0) is 31.1. The molecule has 2 aromatic carbocycles. The van der Waals surface area contributed by atoms with Crippen molar-refractivity contribution in [2.45, 2.75) is 50.4 Å². The van der Waals surface area contributed by atoms with E-state index in [1.54, 1.807) is 0 Å². The van der Waals surface area contributed by atoms with Crippen LogP contribution in [0.2, 0.25) is 0 Å². The molecule has 2 aromatic rings. The van der Waals surface area contributed by atoms with Crippen molar-refractivity contribution in [2.75, 3.05) is 12.4 Å². The first kappa shape index (κ1) is 30.3. The van der Waals surface area contributed by atoms with Gasteiger partial charge in [0.25, 0.3) is 5.91 Å². The number of allylic oxidation sites excluding steroid dienone is 1. The maximum atomic E-state index is 14.9. The van der Waals surface area contributed by atoms with E-state index in [1.165, 1.54) is 13.2 Å². The summed E-state index contributed by atoms with van der Waals surface area (Å²) in [5, 5.41) is 14.4. The fraction of sp³-hybridized carbons (Fsp3) is 0.433. The molecular weight excluding hydrogens is 579 g/mol. The molecule has 4 atom stereocenters. The van der Waals surface area contributed by atoms with Gasteiger partial charge in [-0.3, -0.25) is 14.4 Å². The third-order valence-corrected chi connectivity index (χ3v) is 8.41. The van der Waals surface area contributed by atoms with E-state index in [0.717, 1.165) is 12.1 Å². The van der Waals surface area contributed by atoms with Gasteiger partial charge in [-0.1, -0.05) is 12.2 Å². The van der Waals surface area contributed by atoms with Crippen molar-refractivity contribution in [1.29, 1.82) is 0 Å². The Balaban J connectivity index is 1.32. The van der Waals surface area contributed by atoms with Gasteiger partial charge in [0.05, 0.1) is 36.2 Å². The van der Waals surface area contributed by atoms with E-state index in [2.05, 4.69) is 10.6 Å². The van der Waals surface area contributed by atoms with Crippen LogP contribution in [-0.2, 0) is 15.8 Å². The molecule has 2 saturated carbocycles. The second-order valence-electron chi connectivity index (χ2n) is 11.1. The number of methoxy groups -OCH3 is 1. The fourth-order valence-electron chi connectivity index (χ4n) is 6.23. The molecule has 3 aliphatic carbocycles. The lowest BCUT2D eigenvalue weighted by atomic mass is 9.87. The van der Waals surface area contributed by atoms with Gasteiger partial charge in [0.1, 0.15) is 11.6 Å². The second-order valence-corrected chi connectivity index (χ2v) is 11.1. The first-order valence-corrected chi connectivity index (χ1v) is 13.8. The number of alkyl halides is 3. The summed E-state index contributed by atoms with van der Waals surface area (Å²) in [6, 6.07) is 3.63. The molecule has 2 bridgehead atoms. The third kappa shape index (κ3) is 6.30. The highest BCUT2D eigenvalue weighted by Gasteiger charge is 2.49. The molecule has 4 unspecified atom stereocenters. The number of rotatable bonds is 8. The minimum Gasteiger partial charge on any atom is -0.496 e. The van der Waals surface area contributed by atoms with Crippen LogP contribution in [0.15, 0.2) is 42.5 Å². The number of carboxylic acid groups (broad SMARTS) is 1. The fourth-order valence-corrected chi connectivity index (χ4v) is 6.23. The molecule has 230 valence electrons. The Morgan fingerprint density at radius 2 is 1.63 bits per heavy atom. The van der Waals surface area contributed by atoms with Gasteiger partial charge in [-0.25, -0.2) is 8.78 Å². The molecule has 0 radical (unpaired) electrons. The zero-order valence-electron chi connectivity index (χ0n) is 22.9. The number of amides is 2. The number of fused-ring (bicyclic) bond motifs is 2. The molecule has 3 aliphatic rings. The summed E-state index contributed by atoms with van der Waals surface area (Å²) in [6.07, 6.45) is 0.342. The minimum absolute atomic E-state index is 0.0580. The van der Waals surface area contributed by atoms with E-state index in [4.69, 9.17) is 9.47 Å². The van der Waals surface area contributed by atoms with Crippen LogP contribution in [0, 0.1) is 35.3 Å². The number of halogens is 5. The smallest absolute Gasteiger partial charge is 0.419 e. The quantitative estimate of drug-likeness (QED) is 0.267. The molecule has 13 heteroatoms. The molecule has 0 aromatic heterocycles. The van der Waals surface area contributed by atoms with Gasteiger partial charge in [-0.15, -0.1) is 0 Å². The average Bonchev–Trinajstić information content (AvgIpc) is 3.56. The Bertz CT molecular complexity index is 1450. The number of hydrogen-bond donors (Lipinski definition) is 3.